The first-order valence-corrected chi connectivity index (χ1v) is 10.4. The molecule has 2 saturated heterocycles. The Balaban J connectivity index is 1.85. The van der Waals surface area contributed by atoms with Gasteiger partial charge in [-0.2, -0.15) is 5.26 Å². The van der Waals surface area contributed by atoms with E-state index >= 15 is 0 Å². The Labute approximate surface area is 153 Å². The molecule has 1 aromatic rings. The quantitative estimate of drug-likeness (QED) is 0.788. The first-order valence-electron chi connectivity index (χ1n) is 8.41. The van der Waals surface area contributed by atoms with Crippen LogP contribution in [0.15, 0.2) is 18.2 Å². The SMILES string of the molecule is N#CC1CCN(C(=O)c2cc(N3CCCCS3(=O)=O)ccc2Cl)CC1. The largest absolute Gasteiger partial charge is 0.339 e. The molecule has 6 nitrogen and oxygen atoms in total. The van der Waals surface area contributed by atoms with E-state index in [-0.39, 0.29) is 17.6 Å². The van der Waals surface area contributed by atoms with Crippen molar-refractivity contribution in [1.29, 1.82) is 5.26 Å². The highest BCUT2D eigenvalue weighted by atomic mass is 35.5. The van der Waals surface area contributed by atoms with Crippen molar-refractivity contribution in [3.05, 3.63) is 28.8 Å². The molecule has 1 aromatic carbocycles. The van der Waals surface area contributed by atoms with E-state index in [1.807, 2.05) is 0 Å². The molecule has 2 heterocycles. The number of piperidine rings is 1. The Hall–Kier alpha value is -1.78. The summed E-state index contributed by atoms with van der Waals surface area (Å²) in [6, 6.07) is 7.03. The minimum absolute atomic E-state index is 0.00986. The zero-order valence-electron chi connectivity index (χ0n) is 13.8. The lowest BCUT2D eigenvalue weighted by Gasteiger charge is -2.31. The fourth-order valence-electron chi connectivity index (χ4n) is 3.29. The molecule has 25 heavy (non-hydrogen) atoms. The zero-order valence-corrected chi connectivity index (χ0v) is 15.4. The Bertz CT molecular complexity index is 811. The molecule has 0 N–H and O–H groups in total. The number of benzene rings is 1. The van der Waals surface area contributed by atoms with Crippen molar-refractivity contribution in [2.75, 3.05) is 29.7 Å². The van der Waals surface area contributed by atoms with Gasteiger partial charge in [0, 0.05) is 25.6 Å². The Morgan fingerprint density at radius 3 is 2.56 bits per heavy atom. The third-order valence-electron chi connectivity index (χ3n) is 4.78. The topological polar surface area (TPSA) is 81.5 Å². The first kappa shape index (κ1) is 18.0. The number of rotatable bonds is 2. The summed E-state index contributed by atoms with van der Waals surface area (Å²) < 4.78 is 25.9. The molecule has 0 bridgehead atoms. The Kier molecular flexibility index (Phi) is 5.21. The molecule has 2 aliphatic heterocycles. The van der Waals surface area contributed by atoms with Gasteiger partial charge in [-0.05, 0) is 43.9 Å². The van der Waals surface area contributed by atoms with Gasteiger partial charge in [0.25, 0.3) is 5.91 Å². The van der Waals surface area contributed by atoms with Gasteiger partial charge in [-0.15, -0.1) is 0 Å². The Morgan fingerprint density at radius 1 is 1.20 bits per heavy atom. The van der Waals surface area contributed by atoms with Crippen molar-refractivity contribution in [3.63, 3.8) is 0 Å². The van der Waals surface area contributed by atoms with Crippen molar-refractivity contribution in [1.82, 2.24) is 4.90 Å². The molecule has 2 fully saturated rings. The number of anilines is 1. The highest BCUT2D eigenvalue weighted by molar-refractivity contribution is 7.92. The summed E-state index contributed by atoms with van der Waals surface area (Å²) in [7, 11) is -3.34. The van der Waals surface area contributed by atoms with Crippen LogP contribution in [0.2, 0.25) is 5.02 Å². The molecule has 0 unspecified atom stereocenters. The van der Waals surface area contributed by atoms with Crippen LogP contribution in [-0.2, 0) is 10.0 Å². The molecular weight excluding hydrogens is 362 g/mol. The maximum Gasteiger partial charge on any atom is 0.255 e. The lowest BCUT2D eigenvalue weighted by Crippen LogP contribution is -2.39. The average molecular weight is 382 g/mol. The molecular formula is C17H20ClN3O3S. The van der Waals surface area contributed by atoms with E-state index in [1.54, 1.807) is 23.1 Å². The first-order chi connectivity index (χ1) is 11.9. The van der Waals surface area contributed by atoms with E-state index in [0.29, 0.717) is 55.2 Å². The van der Waals surface area contributed by atoms with Gasteiger partial charge < -0.3 is 4.90 Å². The lowest BCUT2D eigenvalue weighted by molar-refractivity contribution is 0.0707. The standard InChI is InChI=1S/C17H20ClN3O3S/c18-16-4-3-14(21-7-1-2-10-25(21,23)24)11-15(16)17(22)20-8-5-13(12-19)6-9-20/h3-4,11,13H,1-2,5-10H2. The van der Waals surface area contributed by atoms with Gasteiger partial charge in [-0.1, -0.05) is 11.6 Å². The number of halogens is 1. The molecule has 0 atom stereocenters. The molecule has 8 heteroatoms. The number of likely N-dealkylation sites (tertiary alicyclic amines) is 1. The maximum atomic E-state index is 12.8. The second kappa shape index (κ2) is 7.22. The van der Waals surface area contributed by atoms with Crippen LogP contribution < -0.4 is 4.31 Å². The van der Waals surface area contributed by atoms with Gasteiger partial charge >= 0.3 is 0 Å². The smallest absolute Gasteiger partial charge is 0.255 e. The maximum absolute atomic E-state index is 12.8. The molecule has 0 spiro atoms. The number of hydrogen-bond donors (Lipinski definition) is 0. The average Bonchev–Trinajstić information content (AvgIpc) is 2.61. The van der Waals surface area contributed by atoms with Crippen LogP contribution >= 0.6 is 11.6 Å². The number of nitriles is 1. The van der Waals surface area contributed by atoms with E-state index in [9.17, 15) is 13.2 Å². The predicted octanol–water partition coefficient (Wildman–Crippen LogP) is 2.65. The minimum Gasteiger partial charge on any atom is -0.339 e. The van der Waals surface area contributed by atoms with Crippen molar-refractivity contribution in [3.8, 4) is 6.07 Å². The van der Waals surface area contributed by atoms with Crippen LogP contribution in [-0.4, -0.2) is 44.6 Å². The van der Waals surface area contributed by atoms with Crippen LogP contribution in [0.25, 0.3) is 0 Å². The normalized spacial score (nSPS) is 21.0. The summed E-state index contributed by atoms with van der Waals surface area (Å²) in [5.41, 5.74) is 0.801. The third-order valence-corrected chi connectivity index (χ3v) is 6.98. The van der Waals surface area contributed by atoms with Gasteiger partial charge in [0.1, 0.15) is 0 Å². The van der Waals surface area contributed by atoms with Crippen LogP contribution in [0, 0.1) is 17.2 Å². The molecule has 3 rings (SSSR count). The van der Waals surface area contributed by atoms with E-state index in [2.05, 4.69) is 6.07 Å². The van der Waals surface area contributed by atoms with Gasteiger partial charge in [0.2, 0.25) is 10.0 Å². The number of carbonyl (C=O) groups is 1. The van der Waals surface area contributed by atoms with Crippen molar-refractivity contribution in [2.24, 2.45) is 5.92 Å². The highest BCUT2D eigenvalue weighted by Crippen LogP contribution is 2.29. The second-order valence-electron chi connectivity index (χ2n) is 6.45. The van der Waals surface area contributed by atoms with Gasteiger partial charge in [-0.25, -0.2) is 8.42 Å². The van der Waals surface area contributed by atoms with Crippen LogP contribution in [0.4, 0.5) is 5.69 Å². The minimum atomic E-state index is -3.34. The summed E-state index contributed by atoms with van der Waals surface area (Å²) >= 11 is 6.21. The van der Waals surface area contributed by atoms with E-state index < -0.39 is 10.0 Å². The van der Waals surface area contributed by atoms with Crippen LogP contribution in [0.1, 0.15) is 36.0 Å². The second-order valence-corrected chi connectivity index (χ2v) is 8.88. The van der Waals surface area contributed by atoms with Gasteiger partial charge in [-0.3, -0.25) is 9.10 Å². The van der Waals surface area contributed by atoms with Crippen molar-refractivity contribution >= 4 is 33.2 Å². The summed E-state index contributed by atoms with van der Waals surface area (Å²) in [6.45, 7) is 1.45. The third kappa shape index (κ3) is 3.75. The molecule has 0 radical (unpaired) electrons. The van der Waals surface area contributed by atoms with Crippen LogP contribution in [0.5, 0.6) is 0 Å². The van der Waals surface area contributed by atoms with Crippen molar-refractivity contribution < 1.29 is 13.2 Å². The lowest BCUT2D eigenvalue weighted by atomic mass is 9.98. The number of amides is 1. The van der Waals surface area contributed by atoms with E-state index in [4.69, 9.17) is 16.9 Å². The highest BCUT2D eigenvalue weighted by Gasteiger charge is 2.29. The summed E-state index contributed by atoms with van der Waals surface area (Å²) in [6.07, 6.45) is 2.76. The van der Waals surface area contributed by atoms with E-state index in [0.717, 1.165) is 6.42 Å². The van der Waals surface area contributed by atoms with Gasteiger partial charge in [0.15, 0.2) is 0 Å². The number of nitrogens with zero attached hydrogens (tertiary/aromatic N) is 3. The Morgan fingerprint density at radius 2 is 1.92 bits per heavy atom. The van der Waals surface area contributed by atoms with Gasteiger partial charge in [0.05, 0.1) is 28.1 Å². The fourth-order valence-corrected chi connectivity index (χ4v) is 5.12. The summed E-state index contributed by atoms with van der Waals surface area (Å²) in [5, 5.41) is 9.28. The molecule has 0 aromatic heterocycles. The number of hydrogen-bond acceptors (Lipinski definition) is 4. The molecule has 134 valence electrons. The van der Waals surface area contributed by atoms with Crippen molar-refractivity contribution in [2.45, 2.75) is 25.7 Å². The molecule has 0 saturated carbocycles. The molecule has 1 amide bonds. The van der Waals surface area contributed by atoms with Crippen LogP contribution in [0.3, 0.4) is 0 Å². The summed E-state index contributed by atoms with van der Waals surface area (Å²) in [5.74, 6) is -0.0948. The molecule has 2 aliphatic rings. The number of sulfonamides is 1. The molecule has 0 aliphatic carbocycles. The zero-order chi connectivity index (χ0) is 18.0. The predicted molar refractivity (Wildman–Crippen MR) is 96.1 cm³/mol. The summed E-state index contributed by atoms with van der Waals surface area (Å²) in [4.78, 5) is 14.5. The number of carbonyl (C=O) groups excluding carboxylic acids is 1. The monoisotopic (exact) mass is 381 g/mol. The van der Waals surface area contributed by atoms with E-state index in [1.165, 1.54) is 4.31 Å². The fraction of sp³-hybridized carbons (Fsp3) is 0.529.